The number of hydrogen-bond acceptors (Lipinski definition) is 4. The van der Waals surface area contributed by atoms with Crippen molar-refractivity contribution in [1.29, 1.82) is 0 Å². The molecule has 5 nitrogen and oxygen atoms in total. The fourth-order valence-corrected chi connectivity index (χ4v) is 1.49. The molecule has 2 aromatic heterocycles. The molecule has 0 amide bonds. The lowest BCUT2D eigenvalue weighted by molar-refractivity contribution is 0.429. The minimum Gasteiger partial charge on any atom is -0.394 e. The first-order valence-electron chi connectivity index (χ1n) is 4.15. The van der Waals surface area contributed by atoms with Crippen molar-refractivity contribution in [1.82, 2.24) is 14.7 Å². The molecule has 74 valence electrons. The fraction of sp³-hybridized carbons (Fsp3) is 0.250. The number of aromatic nitrogens is 3. The summed E-state index contributed by atoms with van der Waals surface area (Å²) >= 11 is 5.91. The lowest BCUT2D eigenvalue weighted by Gasteiger charge is -2.01. The molecule has 0 radical (unpaired) electrons. The van der Waals surface area contributed by atoms with Crippen molar-refractivity contribution in [2.24, 2.45) is 0 Å². The smallest absolute Gasteiger partial charge is 0.209 e. The van der Waals surface area contributed by atoms with E-state index in [9.17, 15) is 0 Å². The molecule has 2 N–H and O–H groups in total. The van der Waals surface area contributed by atoms with Gasteiger partial charge in [-0.3, -0.25) is 0 Å². The molecular formula is C8H9ClN4O. The summed E-state index contributed by atoms with van der Waals surface area (Å²) in [7, 11) is 0. The van der Waals surface area contributed by atoms with Crippen LogP contribution in [0.2, 0.25) is 5.15 Å². The highest BCUT2D eigenvalue weighted by atomic mass is 35.5. The van der Waals surface area contributed by atoms with E-state index >= 15 is 0 Å². The van der Waals surface area contributed by atoms with Gasteiger partial charge in [0.05, 0.1) is 12.5 Å². The van der Waals surface area contributed by atoms with Gasteiger partial charge in [0.25, 0.3) is 0 Å². The summed E-state index contributed by atoms with van der Waals surface area (Å²) in [6.45, 7) is 2.73. The molecular weight excluding hydrogens is 204 g/mol. The van der Waals surface area contributed by atoms with Crippen LogP contribution in [-0.2, 0) is 6.54 Å². The highest BCUT2D eigenvalue weighted by Crippen LogP contribution is 2.30. The zero-order chi connectivity index (χ0) is 10.1. The van der Waals surface area contributed by atoms with Crippen LogP contribution < -0.4 is 5.73 Å². The largest absolute Gasteiger partial charge is 0.394 e. The lowest BCUT2D eigenvalue weighted by Crippen LogP contribution is -1.96. The summed E-state index contributed by atoms with van der Waals surface area (Å²) in [5, 5.41) is 3.97. The van der Waals surface area contributed by atoms with Crippen molar-refractivity contribution in [2.45, 2.75) is 13.5 Å². The molecule has 0 aliphatic carbocycles. The first-order chi connectivity index (χ1) is 6.74. The maximum atomic E-state index is 5.91. The van der Waals surface area contributed by atoms with Gasteiger partial charge in [-0.25, -0.2) is 4.98 Å². The van der Waals surface area contributed by atoms with Crippen molar-refractivity contribution in [3.05, 3.63) is 17.7 Å². The van der Waals surface area contributed by atoms with E-state index in [0.717, 1.165) is 6.54 Å². The monoisotopic (exact) mass is 212 g/mol. The molecule has 2 aromatic rings. The Kier molecular flexibility index (Phi) is 2.17. The van der Waals surface area contributed by atoms with E-state index in [1.807, 2.05) is 11.5 Å². The number of aryl methyl sites for hydroxylation is 1. The summed E-state index contributed by atoms with van der Waals surface area (Å²) in [4.78, 5) is 3.97. The predicted octanol–water partition coefficient (Wildman–Crippen LogP) is 1.79. The van der Waals surface area contributed by atoms with Crippen LogP contribution in [-0.4, -0.2) is 14.7 Å². The van der Waals surface area contributed by atoms with Crippen LogP contribution in [0.5, 0.6) is 0 Å². The second-order valence-corrected chi connectivity index (χ2v) is 3.14. The third-order valence-corrected chi connectivity index (χ3v) is 2.22. The molecule has 0 saturated carbocycles. The number of hydrogen-bond donors (Lipinski definition) is 1. The summed E-state index contributed by atoms with van der Waals surface area (Å²) in [5.41, 5.74) is 6.80. The van der Waals surface area contributed by atoms with Gasteiger partial charge in [0, 0.05) is 6.54 Å². The molecule has 0 atom stereocenters. The van der Waals surface area contributed by atoms with Crippen LogP contribution in [0.1, 0.15) is 6.92 Å². The van der Waals surface area contributed by atoms with Gasteiger partial charge in [-0.05, 0) is 6.92 Å². The molecule has 0 aromatic carbocycles. The molecule has 0 unspecified atom stereocenters. The summed E-state index contributed by atoms with van der Waals surface area (Å²) in [6, 6.07) is 0. The molecule has 0 saturated heterocycles. The SMILES string of the molecule is CCn1cnc(Cl)c1-c1oncc1N. The Morgan fingerprint density at radius 2 is 2.43 bits per heavy atom. The van der Waals surface area contributed by atoms with Crippen molar-refractivity contribution in [3.63, 3.8) is 0 Å². The Balaban J connectivity index is 2.60. The van der Waals surface area contributed by atoms with Gasteiger partial charge in [-0.15, -0.1) is 0 Å². The quantitative estimate of drug-likeness (QED) is 0.824. The molecule has 2 heterocycles. The van der Waals surface area contributed by atoms with E-state index in [2.05, 4.69) is 10.1 Å². The Morgan fingerprint density at radius 1 is 1.64 bits per heavy atom. The molecule has 6 heteroatoms. The number of imidazole rings is 1. The van der Waals surface area contributed by atoms with E-state index in [0.29, 0.717) is 22.3 Å². The zero-order valence-corrected chi connectivity index (χ0v) is 8.32. The third-order valence-electron chi connectivity index (χ3n) is 1.95. The normalized spacial score (nSPS) is 10.7. The van der Waals surface area contributed by atoms with E-state index in [1.54, 1.807) is 6.33 Å². The first kappa shape index (κ1) is 9.08. The van der Waals surface area contributed by atoms with Gasteiger partial charge in [-0.1, -0.05) is 16.8 Å². The van der Waals surface area contributed by atoms with Crippen LogP contribution >= 0.6 is 11.6 Å². The van der Waals surface area contributed by atoms with Crippen LogP contribution in [0, 0.1) is 0 Å². The number of nitrogen functional groups attached to an aromatic ring is 1. The Bertz CT molecular complexity index is 448. The minimum absolute atomic E-state index is 0.371. The average molecular weight is 213 g/mol. The maximum Gasteiger partial charge on any atom is 0.209 e. The first-order valence-corrected chi connectivity index (χ1v) is 4.53. The number of rotatable bonds is 2. The molecule has 14 heavy (non-hydrogen) atoms. The topological polar surface area (TPSA) is 69.9 Å². The highest BCUT2D eigenvalue weighted by molar-refractivity contribution is 6.31. The van der Waals surface area contributed by atoms with Gasteiger partial charge in [0.2, 0.25) is 5.76 Å². The lowest BCUT2D eigenvalue weighted by atomic mass is 10.3. The Hall–Kier alpha value is -1.49. The second-order valence-electron chi connectivity index (χ2n) is 2.78. The molecule has 0 aliphatic heterocycles. The molecule has 0 bridgehead atoms. The minimum atomic E-state index is 0.371. The van der Waals surface area contributed by atoms with Crippen LogP contribution in [0.15, 0.2) is 17.0 Å². The van der Waals surface area contributed by atoms with Gasteiger partial charge >= 0.3 is 0 Å². The standard InChI is InChI=1S/C8H9ClN4O/c1-2-13-4-11-8(9)6(13)7-5(10)3-12-14-7/h3-4H,2,10H2,1H3. The number of nitrogens with two attached hydrogens (primary N) is 1. The zero-order valence-electron chi connectivity index (χ0n) is 7.57. The van der Waals surface area contributed by atoms with Gasteiger partial charge in [-0.2, -0.15) is 0 Å². The van der Waals surface area contributed by atoms with Crippen molar-refractivity contribution in [2.75, 3.05) is 5.73 Å². The van der Waals surface area contributed by atoms with E-state index in [1.165, 1.54) is 6.20 Å². The number of nitrogens with zero attached hydrogens (tertiary/aromatic N) is 3. The highest BCUT2D eigenvalue weighted by Gasteiger charge is 2.17. The number of halogens is 1. The third kappa shape index (κ3) is 1.26. The van der Waals surface area contributed by atoms with Crippen molar-refractivity contribution in [3.8, 4) is 11.5 Å². The van der Waals surface area contributed by atoms with E-state index in [-0.39, 0.29) is 0 Å². The van der Waals surface area contributed by atoms with Crippen molar-refractivity contribution >= 4 is 17.3 Å². The Morgan fingerprint density at radius 3 is 3.00 bits per heavy atom. The number of anilines is 1. The van der Waals surface area contributed by atoms with Gasteiger partial charge in [0.15, 0.2) is 5.15 Å². The molecule has 2 rings (SSSR count). The van der Waals surface area contributed by atoms with Crippen LogP contribution in [0.25, 0.3) is 11.5 Å². The second kappa shape index (κ2) is 3.34. The average Bonchev–Trinajstić information content (AvgIpc) is 2.72. The summed E-state index contributed by atoms with van der Waals surface area (Å²) < 4.78 is 6.86. The van der Waals surface area contributed by atoms with Gasteiger partial charge < -0.3 is 14.8 Å². The Labute approximate surface area is 85.5 Å². The molecule has 0 spiro atoms. The maximum absolute atomic E-state index is 5.91. The fourth-order valence-electron chi connectivity index (χ4n) is 1.25. The molecule has 0 aliphatic rings. The predicted molar refractivity (Wildman–Crippen MR) is 52.8 cm³/mol. The van der Waals surface area contributed by atoms with Crippen molar-refractivity contribution < 1.29 is 4.52 Å². The van der Waals surface area contributed by atoms with Crippen LogP contribution in [0.4, 0.5) is 5.69 Å². The van der Waals surface area contributed by atoms with Crippen LogP contribution in [0.3, 0.4) is 0 Å². The van der Waals surface area contributed by atoms with E-state index < -0.39 is 0 Å². The van der Waals surface area contributed by atoms with Gasteiger partial charge in [0.1, 0.15) is 11.4 Å². The summed E-state index contributed by atoms with van der Waals surface area (Å²) in [6.07, 6.45) is 3.08. The summed E-state index contributed by atoms with van der Waals surface area (Å²) in [5.74, 6) is 0.467. The molecule has 0 fully saturated rings. The van der Waals surface area contributed by atoms with E-state index in [4.69, 9.17) is 21.9 Å².